The molecule has 1 N–H and O–H groups in total. The third-order valence-electron chi connectivity index (χ3n) is 3.39. The molecule has 4 nitrogen and oxygen atoms in total. The van der Waals surface area contributed by atoms with Gasteiger partial charge in [0.25, 0.3) is 5.76 Å². The lowest BCUT2D eigenvalue weighted by atomic mass is 10.1. The molecule has 2 rings (SSSR count). The summed E-state index contributed by atoms with van der Waals surface area (Å²) in [5, 5.41) is 7.56. The highest BCUT2D eigenvalue weighted by Gasteiger charge is 2.12. The Labute approximate surface area is 126 Å². The van der Waals surface area contributed by atoms with Gasteiger partial charge in [0.1, 0.15) is 11.5 Å². The lowest BCUT2D eigenvalue weighted by Crippen LogP contribution is -2.18. The Kier molecular flexibility index (Phi) is 5.41. The molecular formula is C14H19F2N3OS. The lowest BCUT2D eigenvalue weighted by Gasteiger charge is -2.12. The van der Waals surface area contributed by atoms with Gasteiger partial charge in [0, 0.05) is 24.3 Å². The van der Waals surface area contributed by atoms with Crippen molar-refractivity contribution in [3.8, 4) is 0 Å². The third kappa shape index (κ3) is 4.31. The van der Waals surface area contributed by atoms with Gasteiger partial charge in [0.2, 0.25) is 0 Å². The van der Waals surface area contributed by atoms with Gasteiger partial charge in [-0.25, -0.2) is 0 Å². The number of hydrogen-bond donors (Lipinski definition) is 1. The average molecular weight is 315 g/mol. The van der Waals surface area contributed by atoms with Crippen LogP contribution in [0.15, 0.2) is 22.7 Å². The first kappa shape index (κ1) is 16.0. The Hall–Kier alpha value is -1.34. The number of alkyl halides is 2. The fraction of sp³-hybridized carbons (Fsp3) is 0.500. The number of aryl methyl sites for hydroxylation is 1. The number of aromatic nitrogens is 2. The van der Waals surface area contributed by atoms with Gasteiger partial charge in [0.05, 0.1) is 18.5 Å². The predicted molar refractivity (Wildman–Crippen MR) is 79.2 cm³/mol. The molecule has 0 aromatic carbocycles. The van der Waals surface area contributed by atoms with Gasteiger partial charge in [-0.2, -0.15) is 13.9 Å². The maximum Gasteiger partial charge on any atom is 0.284 e. The van der Waals surface area contributed by atoms with E-state index in [1.54, 1.807) is 6.07 Å². The van der Waals surface area contributed by atoms with Crippen LogP contribution in [0.1, 0.15) is 35.7 Å². The molecule has 0 aliphatic carbocycles. The summed E-state index contributed by atoms with van der Waals surface area (Å²) in [7, 11) is 1.91. The lowest BCUT2D eigenvalue weighted by molar-refractivity contribution is 0.251. The van der Waals surface area contributed by atoms with E-state index in [0.29, 0.717) is 24.1 Å². The first-order valence-electron chi connectivity index (χ1n) is 6.66. The summed E-state index contributed by atoms with van der Waals surface area (Å²) in [5.74, 6) is -0.865. The molecule has 1 unspecified atom stereocenters. The van der Waals surface area contributed by atoms with Gasteiger partial charge in [0.15, 0.2) is 0 Å². The quantitative estimate of drug-likeness (QED) is 0.847. The number of hydrogen-bond acceptors (Lipinski definition) is 4. The van der Waals surface area contributed by atoms with Crippen molar-refractivity contribution in [2.75, 3.05) is 0 Å². The van der Waals surface area contributed by atoms with Crippen LogP contribution in [0.5, 0.6) is 0 Å². The Bertz CT molecular complexity index is 583. The van der Waals surface area contributed by atoms with Crippen molar-refractivity contribution in [1.29, 1.82) is 0 Å². The van der Waals surface area contributed by atoms with Crippen LogP contribution in [0.2, 0.25) is 0 Å². The normalized spacial score (nSPS) is 13.0. The summed E-state index contributed by atoms with van der Waals surface area (Å²) in [6, 6.07) is 3.70. The van der Waals surface area contributed by atoms with Crippen molar-refractivity contribution in [2.45, 2.75) is 37.9 Å². The first-order chi connectivity index (χ1) is 9.97. The zero-order valence-corrected chi connectivity index (χ0v) is 13.1. The van der Waals surface area contributed by atoms with E-state index in [2.05, 4.69) is 17.3 Å². The van der Waals surface area contributed by atoms with Crippen LogP contribution < -0.4 is 5.32 Å². The maximum atomic E-state index is 12.1. The highest BCUT2D eigenvalue weighted by molar-refractivity contribution is 7.98. The van der Waals surface area contributed by atoms with E-state index >= 15 is 0 Å². The van der Waals surface area contributed by atoms with E-state index in [9.17, 15) is 8.78 Å². The van der Waals surface area contributed by atoms with Crippen molar-refractivity contribution in [3.63, 3.8) is 0 Å². The number of furan rings is 1. The second-order valence-corrected chi connectivity index (χ2v) is 5.83. The zero-order valence-electron chi connectivity index (χ0n) is 12.3. The number of nitrogens with zero attached hydrogens (tertiary/aromatic N) is 2. The van der Waals surface area contributed by atoms with Crippen molar-refractivity contribution in [2.24, 2.45) is 7.05 Å². The fourth-order valence-corrected chi connectivity index (χ4v) is 2.49. The Morgan fingerprint density at radius 3 is 2.71 bits per heavy atom. The highest BCUT2D eigenvalue weighted by Crippen LogP contribution is 2.22. The number of nitrogens with one attached hydrogen (secondary N) is 1. The van der Waals surface area contributed by atoms with Crippen molar-refractivity contribution in [3.05, 3.63) is 41.1 Å². The summed E-state index contributed by atoms with van der Waals surface area (Å²) in [6.45, 7) is 4.63. The molecule has 0 saturated carbocycles. The molecule has 0 aliphatic rings. The number of rotatable bonds is 7. The Morgan fingerprint density at radius 2 is 2.10 bits per heavy atom. The van der Waals surface area contributed by atoms with E-state index in [4.69, 9.17) is 4.42 Å². The summed E-state index contributed by atoms with van der Waals surface area (Å²) < 4.78 is 31.6. The molecule has 0 saturated heterocycles. The van der Waals surface area contributed by atoms with E-state index in [1.807, 2.05) is 30.9 Å². The maximum absolute atomic E-state index is 12.1. The van der Waals surface area contributed by atoms with Crippen molar-refractivity contribution in [1.82, 2.24) is 15.1 Å². The van der Waals surface area contributed by atoms with E-state index in [-0.39, 0.29) is 11.8 Å². The molecule has 0 spiro atoms. The van der Waals surface area contributed by atoms with E-state index < -0.39 is 5.76 Å². The molecule has 0 radical (unpaired) electrons. The molecule has 0 amide bonds. The smallest absolute Gasteiger partial charge is 0.284 e. The van der Waals surface area contributed by atoms with Gasteiger partial charge < -0.3 is 9.73 Å². The van der Waals surface area contributed by atoms with E-state index in [1.165, 1.54) is 0 Å². The minimum absolute atomic E-state index is 0.141. The SMILES string of the molecule is Cc1c(C(C)NCc2ccc(CSC(F)F)o2)cnn1C. The Morgan fingerprint density at radius 1 is 1.38 bits per heavy atom. The largest absolute Gasteiger partial charge is 0.464 e. The minimum atomic E-state index is -2.37. The van der Waals surface area contributed by atoms with Crippen LogP contribution in [0, 0.1) is 6.92 Å². The van der Waals surface area contributed by atoms with Crippen LogP contribution in [-0.2, 0) is 19.3 Å². The standard InChI is InChI=1S/C14H19F2N3OS/c1-9(13-7-18-19(3)10(13)2)17-6-11-4-5-12(20-11)8-21-14(15)16/h4-5,7,9,14,17H,6,8H2,1-3H3. The summed E-state index contributed by atoms with van der Waals surface area (Å²) in [4.78, 5) is 0. The van der Waals surface area contributed by atoms with Crippen LogP contribution in [0.25, 0.3) is 0 Å². The van der Waals surface area contributed by atoms with Gasteiger partial charge >= 0.3 is 0 Å². The molecule has 1 atom stereocenters. The van der Waals surface area contributed by atoms with Gasteiger partial charge in [-0.05, 0) is 26.0 Å². The van der Waals surface area contributed by atoms with Gasteiger partial charge in [-0.1, -0.05) is 11.8 Å². The topological polar surface area (TPSA) is 43.0 Å². The van der Waals surface area contributed by atoms with Crippen molar-refractivity contribution >= 4 is 11.8 Å². The predicted octanol–water partition coefficient (Wildman–Crippen LogP) is 3.63. The third-order valence-corrected chi connectivity index (χ3v) is 4.09. The molecular weight excluding hydrogens is 296 g/mol. The van der Waals surface area contributed by atoms with Crippen LogP contribution >= 0.6 is 11.8 Å². The van der Waals surface area contributed by atoms with Gasteiger partial charge in [-0.15, -0.1) is 0 Å². The van der Waals surface area contributed by atoms with E-state index in [0.717, 1.165) is 17.0 Å². The van der Waals surface area contributed by atoms with Crippen molar-refractivity contribution < 1.29 is 13.2 Å². The van der Waals surface area contributed by atoms with Crippen LogP contribution in [-0.4, -0.2) is 15.5 Å². The number of thioether (sulfide) groups is 1. The van der Waals surface area contributed by atoms with Crippen LogP contribution in [0.4, 0.5) is 8.78 Å². The molecule has 0 bridgehead atoms. The van der Waals surface area contributed by atoms with Crippen LogP contribution in [0.3, 0.4) is 0 Å². The molecule has 2 aromatic rings. The minimum Gasteiger partial charge on any atom is -0.464 e. The number of halogens is 2. The zero-order chi connectivity index (χ0) is 15.4. The molecule has 0 fully saturated rings. The fourth-order valence-electron chi connectivity index (χ4n) is 2.04. The van der Waals surface area contributed by atoms with Gasteiger partial charge in [-0.3, -0.25) is 4.68 Å². The molecule has 116 valence electrons. The molecule has 2 heterocycles. The molecule has 2 aromatic heterocycles. The summed E-state index contributed by atoms with van der Waals surface area (Å²) in [5.41, 5.74) is 2.25. The second-order valence-electron chi connectivity index (χ2n) is 4.85. The monoisotopic (exact) mass is 315 g/mol. The molecule has 21 heavy (non-hydrogen) atoms. The summed E-state index contributed by atoms with van der Waals surface area (Å²) >= 11 is 0.565. The second kappa shape index (κ2) is 7.09. The highest BCUT2D eigenvalue weighted by atomic mass is 32.2. The first-order valence-corrected chi connectivity index (χ1v) is 7.71. The molecule has 0 aliphatic heterocycles. The average Bonchev–Trinajstić information content (AvgIpc) is 3.02. The Balaban J connectivity index is 1.87. The molecule has 7 heteroatoms. The summed E-state index contributed by atoms with van der Waals surface area (Å²) in [6.07, 6.45) is 1.85.